The molecule has 0 aromatic carbocycles. The van der Waals surface area contributed by atoms with Crippen molar-refractivity contribution in [3.05, 3.63) is 0 Å². The fraction of sp³-hybridized carbons (Fsp3) is 1.00. The van der Waals surface area contributed by atoms with Crippen molar-refractivity contribution in [2.75, 3.05) is 10.7 Å². The summed E-state index contributed by atoms with van der Waals surface area (Å²) in [4.78, 5) is 0. The first-order valence-electron chi connectivity index (χ1n) is 3.00. The SMILES string of the molecule is BrCC1CCC1CBr. The van der Waals surface area contributed by atoms with Crippen molar-refractivity contribution in [1.29, 1.82) is 0 Å². The van der Waals surface area contributed by atoms with E-state index in [0.29, 0.717) is 0 Å². The Kier molecular flexibility index (Phi) is 2.84. The first kappa shape index (κ1) is 7.07. The topological polar surface area (TPSA) is 0 Å². The molecule has 0 aromatic heterocycles. The standard InChI is InChI=1S/C6H10Br2/c7-3-5-1-2-6(5)4-8/h5-6H,1-4H2. The van der Waals surface area contributed by atoms with Gasteiger partial charge in [0, 0.05) is 10.7 Å². The van der Waals surface area contributed by atoms with Gasteiger partial charge in [-0.05, 0) is 24.7 Å². The molecule has 0 spiro atoms. The van der Waals surface area contributed by atoms with E-state index in [1.165, 1.54) is 23.5 Å². The van der Waals surface area contributed by atoms with Crippen molar-refractivity contribution in [2.24, 2.45) is 11.8 Å². The Morgan fingerprint density at radius 3 is 1.50 bits per heavy atom. The molecule has 0 aliphatic heterocycles. The van der Waals surface area contributed by atoms with Gasteiger partial charge in [0.25, 0.3) is 0 Å². The molecular weight excluding hydrogens is 232 g/mol. The lowest BCUT2D eigenvalue weighted by Gasteiger charge is -2.33. The van der Waals surface area contributed by atoms with Gasteiger partial charge in [-0.25, -0.2) is 0 Å². The van der Waals surface area contributed by atoms with Crippen LogP contribution in [-0.2, 0) is 0 Å². The predicted molar refractivity (Wildman–Crippen MR) is 43.8 cm³/mol. The van der Waals surface area contributed by atoms with Crippen molar-refractivity contribution in [2.45, 2.75) is 12.8 Å². The smallest absolute Gasteiger partial charge is 0.00626 e. The molecule has 0 radical (unpaired) electrons. The second-order valence-corrected chi connectivity index (χ2v) is 3.70. The first-order chi connectivity index (χ1) is 3.88. The molecule has 0 heterocycles. The van der Waals surface area contributed by atoms with Crippen LogP contribution >= 0.6 is 31.9 Å². The average Bonchev–Trinajstić information content (AvgIpc) is 1.66. The minimum absolute atomic E-state index is 0.967. The first-order valence-corrected chi connectivity index (χ1v) is 5.24. The molecule has 2 unspecified atom stereocenters. The second-order valence-electron chi connectivity index (χ2n) is 2.41. The third-order valence-electron chi connectivity index (χ3n) is 1.97. The molecule has 1 aliphatic rings. The number of rotatable bonds is 2. The monoisotopic (exact) mass is 240 g/mol. The predicted octanol–water partition coefficient (Wildman–Crippen LogP) is 2.80. The van der Waals surface area contributed by atoms with Crippen LogP contribution in [-0.4, -0.2) is 10.7 Å². The molecule has 0 aromatic rings. The Morgan fingerprint density at radius 1 is 1.00 bits per heavy atom. The van der Waals surface area contributed by atoms with Crippen molar-refractivity contribution >= 4 is 31.9 Å². The van der Waals surface area contributed by atoms with Gasteiger partial charge >= 0.3 is 0 Å². The van der Waals surface area contributed by atoms with Gasteiger partial charge in [-0.2, -0.15) is 0 Å². The van der Waals surface area contributed by atoms with Crippen LogP contribution in [0.25, 0.3) is 0 Å². The molecule has 1 fully saturated rings. The summed E-state index contributed by atoms with van der Waals surface area (Å²) in [6.07, 6.45) is 2.86. The molecular formula is C6H10Br2. The van der Waals surface area contributed by atoms with Crippen molar-refractivity contribution in [3.8, 4) is 0 Å². The van der Waals surface area contributed by atoms with Crippen molar-refractivity contribution < 1.29 is 0 Å². The minimum atomic E-state index is 0.967. The Balaban J connectivity index is 2.16. The summed E-state index contributed by atoms with van der Waals surface area (Å²) in [5.41, 5.74) is 0. The maximum absolute atomic E-state index is 3.49. The Hall–Kier alpha value is 0.960. The quantitative estimate of drug-likeness (QED) is 0.653. The Bertz CT molecular complexity index is 58.9. The summed E-state index contributed by atoms with van der Waals surface area (Å²) in [6.45, 7) is 0. The molecule has 0 saturated heterocycles. The molecule has 1 rings (SSSR count). The zero-order chi connectivity index (χ0) is 5.98. The number of alkyl halides is 2. The summed E-state index contributed by atoms with van der Waals surface area (Å²) < 4.78 is 0. The molecule has 1 saturated carbocycles. The highest BCUT2D eigenvalue weighted by Crippen LogP contribution is 2.36. The Labute approximate surface area is 67.3 Å². The van der Waals surface area contributed by atoms with E-state index in [0.717, 1.165) is 11.8 Å². The van der Waals surface area contributed by atoms with Crippen LogP contribution in [0.3, 0.4) is 0 Å². The highest BCUT2D eigenvalue weighted by atomic mass is 79.9. The highest BCUT2D eigenvalue weighted by molar-refractivity contribution is 9.09. The zero-order valence-corrected chi connectivity index (χ0v) is 7.91. The van der Waals surface area contributed by atoms with E-state index in [-0.39, 0.29) is 0 Å². The van der Waals surface area contributed by atoms with Gasteiger partial charge in [-0.3, -0.25) is 0 Å². The van der Waals surface area contributed by atoms with Gasteiger partial charge in [0.05, 0.1) is 0 Å². The van der Waals surface area contributed by atoms with E-state index in [1.54, 1.807) is 0 Å². The fourth-order valence-corrected chi connectivity index (χ4v) is 2.75. The van der Waals surface area contributed by atoms with Crippen LogP contribution in [0.15, 0.2) is 0 Å². The summed E-state index contributed by atoms with van der Waals surface area (Å²) in [5.74, 6) is 1.93. The summed E-state index contributed by atoms with van der Waals surface area (Å²) in [7, 11) is 0. The van der Waals surface area contributed by atoms with E-state index in [1.807, 2.05) is 0 Å². The molecule has 0 N–H and O–H groups in total. The fourth-order valence-electron chi connectivity index (χ4n) is 1.04. The molecule has 48 valence electrons. The van der Waals surface area contributed by atoms with Crippen LogP contribution < -0.4 is 0 Å². The average molecular weight is 242 g/mol. The molecule has 0 nitrogen and oxygen atoms in total. The van der Waals surface area contributed by atoms with Crippen LogP contribution in [0.1, 0.15) is 12.8 Å². The maximum Gasteiger partial charge on any atom is 0.00626 e. The molecule has 2 heteroatoms. The van der Waals surface area contributed by atoms with E-state index in [4.69, 9.17) is 0 Å². The van der Waals surface area contributed by atoms with Gasteiger partial charge in [0.15, 0.2) is 0 Å². The van der Waals surface area contributed by atoms with E-state index in [2.05, 4.69) is 31.9 Å². The molecule has 0 amide bonds. The molecule has 1 aliphatic carbocycles. The highest BCUT2D eigenvalue weighted by Gasteiger charge is 2.28. The maximum atomic E-state index is 3.49. The lowest BCUT2D eigenvalue weighted by Crippen LogP contribution is -2.27. The minimum Gasteiger partial charge on any atom is -0.0925 e. The zero-order valence-electron chi connectivity index (χ0n) is 4.74. The molecule has 8 heavy (non-hydrogen) atoms. The number of halogens is 2. The van der Waals surface area contributed by atoms with Crippen molar-refractivity contribution in [1.82, 2.24) is 0 Å². The molecule has 0 bridgehead atoms. The van der Waals surface area contributed by atoms with E-state index >= 15 is 0 Å². The van der Waals surface area contributed by atoms with Crippen LogP contribution in [0.5, 0.6) is 0 Å². The van der Waals surface area contributed by atoms with Crippen LogP contribution in [0, 0.1) is 11.8 Å². The number of hydrogen-bond donors (Lipinski definition) is 0. The van der Waals surface area contributed by atoms with Crippen LogP contribution in [0.2, 0.25) is 0 Å². The third kappa shape index (κ3) is 1.27. The third-order valence-corrected chi connectivity index (χ3v) is 3.63. The van der Waals surface area contributed by atoms with Gasteiger partial charge in [0.1, 0.15) is 0 Å². The summed E-state index contributed by atoms with van der Waals surface area (Å²) in [5, 5.41) is 2.40. The van der Waals surface area contributed by atoms with E-state index in [9.17, 15) is 0 Å². The van der Waals surface area contributed by atoms with Gasteiger partial charge in [-0.1, -0.05) is 31.9 Å². The van der Waals surface area contributed by atoms with Crippen LogP contribution in [0.4, 0.5) is 0 Å². The molecule has 2 atom stereocenters. The summed E-state index contributed by atoms with van der Waals surface area (Å²) >= 11 is 6.97. The second kappa shape index (κ2) is 3.21. The largest absolute Gasteiger partial charge is 0.0925 e. The van der Waals surface area contributed by atoms with Crippen molar-refractivity contribution in [3.63, 3.8) is 0 Å². The Morgan fingerprint density at radius 2 is 1.38 bits per heavy atom. The lowest BCUT2D eigenvalue weighted by molar-refractivity contribution is 0.232. The lowest BCUT2D eigenvalue weighted by atomic mass is 9.76. The van der Waals surface area contributed by atoms with Gasteiger partial charge < -0.3 is 0 Å². The normalized spacial score (nSPS) is 36.8. The van der Waals surface area contributed by atoms with E-state index < -0.39 is 0 Å². The van der Waals surface area contributed by atoms with Gasteiger partial charge in [-0.15, -0.1) is 0 Å². The van der Waals surface area contributed by atoms with Gasteiger partial charge in [0.2, 0.25) is 0 Å². The summed E-state index contributed by atoms with van der Waals surface area (Å²) in [6, 6.07) is 0. The number of hydrogen-bond acceptors (Lipinski definition) is 0.